The van der Waals surface area contributed by atoms with Crippen molar-refractivity contribution in [3.8, 4) is 0 Å². The Balaban J connectivity index is 1.47. The first-order valence-electron chi connectivity index (χ1n) is 10.7. The van der Waals surface area contributed by atoms with Crippen LogP contribution in [0.4, 0.5) is 29.3 Å². The molecule has 0 spiro atoms. The molecule has 0 saturated carbocycles. The molecule has 12 heteroatoms. The number of carbonyl (C=O) groups is 3. The second-order valence-electron chi connectivity index (χ2n) is 7.55. The normalized spacial score (nSPS) is 11.9. The summed E-state index contributed by atoms with van der Waals surface area (Å²) in [6.45, 7) is -0.230. The maximum Gasteiger partial charge on any atom is 0.416 e. The maximum absolute atomic E-state index is 12.6. The predicted octanol–water partition coefficient (Wildman–Crippen LogP) is 6.80. The topological polar surface area (TPSA) is 105 Å². The summed E-state index contributed by atoms with van der Waals surface area (Å²) >= 11 is 6.86. The van der Waals surface area contributed by atoms with Crippen LogP contribution in [-0.4, -0.2) is 34.9 Å². The lowest BCUT2D eigenvalue weighted by Crippen LogP contribution is -2.21. The highest BCUT2D eigenvalue weighted by Crippen LogP contribution is 2.30. The number of ether oxygens (including phenoxy) is 1. The number of thioether (sulfide) groups is 1. The molecule has 3 aromatic rings. The van der Waals surface area contributed by atoms with Crippen molar-refractivity contribution in [2.45, 2.75) is 22.7 Å². The molecule has 37 heavy (non-hydrogen) atoms. The molecule has 0 aromatic heterocycles. The van der Waals surface area contributed by atoms with Gasteiger partial charge in [0.1, 0.15) is 5.25 Å². The van der Waals surface area contributed by atoms with Gasteiger partial charge < -0.3 is 15.2 Å². The zero-order valence-electron chi connectivity index (χ0n) is 18.9. The molecule has 0 aliphatic rings. The molecule has 3 aromatic carbocycles. The quantitative estimate of drug-likeness (QED) is 0.252. The first-order valence-corrected chi connectivity index (χ1v) is 11.9. The van der Waals surface area contributed by atoms with E-state index in [4.69, 9.17) is 16.3 Å². The van der Waals surface area contributed by atoms with Gasteiger partial charge in [-0.3, -0.25) is 14.9 Å². The monoisotopic (exact) mass is 552 g/mol. The van der Waals surface area contributed by atoms with E-state index in [1.54, 1.807) is 48.5 Å². The van der Waals surface area contributed by atoms with Crippen LogP contribution in [0.1, 0.15) is 22.3 Å². The molecule has 0 saturated heterocycles. The Bertz CT molecular complexity index is 1240. The molecule has 3 rings (SSSR count). The number of halogens is 4. The molecule has 0 heterocycles. The minimum Gasteiger partial charge on any atom is -0.480 e. The standard InChI is InChI=1S/C25H20ClF3N2O5S/c26-17-5-1-15(2-6-17)22(32)30-18-9-11-20(12-10-18)37-21(23(33)34)13-14-36-24(35)31-19-7-3-16(4-8-19)25(27,28)29/h1-12,21H,13-14H2,(H,30,32)(H,31,35)(H,33,34). The Labute approximate surface area is 219 Å². The molecule has 7 nitrogen and oxygen atoms in total. The average Bonchev–Trinajstić information content (AvgIpc) is 2.84. The van der Waals surface area contributed by atoms with E-state index < -0.39 is 29.1 Å². The molecule has 3 N–H and O–H groups in total. The zero-order valence-corrected chi connectivity index (χ0v) is 20.5. The SMILES string of the molecule is O=C(Nc1ccc(C(F)(F)F)cc1)OCCC(Sc1ccc(NC(=O)c2ccc(Cl)cc2)cc1)C(=O)O. The number of hydrogen-bond donors (Lipinski definition) is 3. The minimum absolute atomic E-state index is 0.0184. The van der Waals surface area contributed by atoms with Gasteiger partial charge in [-0.05, 0) is 72.8 Å². The van der Waals surface area contributed by atoms with Crippen molar-refractivity contribution >= 4 is 52.7 Å². The van der Waals surface area contributed by atoms with Gasteiger partial charge in [-0.25, -0.2) is 4.79 Å². The molecule has 0 aliphatic heterocycles. The van der Waals surface area contributed by atoms with Gasteiger partial charge in [-0.1, -0.05) is 11.6 Å². The van der Waals surface area contributed by atoms with Crippen LogP contribution in [0, 0.1) is 0 Å². The predicted molar refractivity (Wildman–Crippen MR) is 134 cm³/mol. The van der Waals surface area contributed by atoms with Crippen molar-refractivity contribution in [2.24, 2.45) is 0 Å². The maximum atomic E-state index is 12.6. The van der Waals surface area contributed by atoms with E-state index in [1.165, 1.54) is 0 Å². The van der Waals surface area contributed by atoms with Crippen molar-refractivity contribution in [1.29, 1.82) is 0 Å². The van der Waals surface area contributed by atoms with Crippen LogP contribution in [0.5, 0.6) is 0 Å². The number of anilines is 2. The van der Waals surface area contributed by atoms with E-state index in [1.807, 2.05) is 0 Å². The summed E-state index contributed by atoms with van der Waals surface area (Å²) < 4.78 is 42.8. The van der Waals surface area contributed by atoms with Crippen LogP contribution in [0.2, 0.25) is 5.02 Å². The van der Waals surface area contributed by atoms with Crippen LogP contribution in [0.25, 0.3) is 0 Å². The van der Waals surface area contributed by atoms with Crippen LogP contribution in [0.15, 0.2) is 77.7 Å². The fraction of sp³-hybridized carbons (Fsp3) is 0.160. The van der Waals surface area contributed by atoms with Crippen molar-refractivity contribution < 1.29 is 37.4 Å². The second-order valence-corrected chi connectivity index (χ2v) is 9.27. The number of benzene rings is 3. The molecule has 0 aliphatic carbocycles. The van der Waals surface area contributed by atoms with Crippen molar-refractivity contribution in [1.82, 2.24) is 0 Å². The largest absolute Gasteiger partial charge is 0.480 e. The molecule has 1 unspecified atom stereocenters. The van der Waals surface area contributed by atoms with Gasteiger partial charge >= 0.3 is 18.2 Å². The van der Waals surface area contributed by atoms with Gasteiger partial charge in [-0.15, -0.1) is 11.8 Å². The van der Waals surface area contributed by atoms with Gasteiger partial charge in [-0.2, -0.15) is 13.2 Å². The van der Waals surface area contributed by atoms with Gasteiger partial charge in [0, 0.05) is 33.3 Å². The van der Waals surface area contributed by atoms with Gasteiger partial charge in [0.25, 0.3) is 5.91 Å². The highest BCUT2D eigenvalue weighted by atomic mass is 35.5. The lowest BCUT2D eigenvalue weighted by Gasteiger charge is -2.13. The number of rotatable bonds is 9. The summed E-state index contributed by atoms with van der Waals surface area (Å²) in [5, 5.41) is 14.1. The molecule has 0 radical (unpaired) electrons. The van der Waals surface area contributed by atoms with E-state index in [-0.39, 0.29) is 24.6 Å². The number of carbonyl (C=O) groups excluding carboxylic acids is 2. The average molecular weight is 553 g/mol. The van der Waals surface area contributed by atoms with Gasteiger partial charge in [0.2, 0.25) is 0 Å². The zero-order chi connectivity index (χ0) is 27.0. The highest BCUT2D eigenvalue weighted by Gasteiger charge is 2.30. The van der Waals surface area contributed by atoms with Crippen LogP contribution in [0.3, 0.4) is 0 Å². The summed E-state index contributed by atoms with van der Waals surface area (Å²) in [7, 11) is 0. The van der Waals surface area contributed by atoms with E-state index in [9.17, 15) is 32.7 Å². The van der Waals surface area contributed by atoms with Crippen molar-refractivity contribution in [3.05, 3.63) is 88.9 Å². The third-order valence-electron chi connectivity index (χ3n) is 4.84. The fourth-order valence-corrected chi connectivity index (χ4v) is 4.04. The highest BCUT2D eigenvalue weighted by molar-refractivity contribution is 8.00. The van der Waals surface area contributed by atoms with Crippen LogP contribution < -0.4 is 10.6 Å². The number of nitrogens with one attached hydrogen (secondary N) is 2. The Morgan fingerprint density at radius 2 is 1.46 bits per heavy atom. The first-order chi connectivity index (χ1) is 17.5. The lowest BCUT2D eigenvalue weighted by molar-refractivity contribution is -0.138. The molecule has 0 fully saturated rings. The molecule has 194 valence electrons. The van der Waals surface area contributed by atoms with Gasteiger partial charge in [0.15, 0.2) is 0 Å². The molecular formula is C25H20ClF3N2O5S. The van der Waals surface area contributed by atoms with E-state index in [2.05, 4.69) is 10.6 Å². The Kier molecular flexibility index (Phi) is 9.42. The lowest BCUT2D eigenvalue weighted by atomic mass is 10.2. The first kappa shape index (κ1) is 27.9. The Morgan fingerprint density at radius 1 is 0.892 bits per heavy atom. The number of amides is 2. The third-order valence-corrected chi connectivity index (χ3v) is 6.36. The molecule has 0 bridgehead atoms. The van der Waals surface area contributed by atoms with E-state index >= 15 is 0 Å². The minimum atomic E-state index is -4.49. The third kappa shape index (κ3) is 8.72. The van der Waals surface area contributed by atoms with E-state index in [0.717, 1.165) is 36.0 Å². The van der Waals surface area contributed by atoms with E-state index in [0.29, 0.717) is 21.2 Å². The van der Waals surface area contributed by atoms with Crippen LogP contribution >= 0.6 is 23.4 Å². The summed E-state index contributed by atoms with van der Waals surface area (Å²) in [5.41, 5.74) is 0.186. The number of hydrogen-bond acceptors (Lipinski definition) is 5. The number of aliphatic carboxylic acids is 1. The Morgan fingerprint density at radius 3 is 2.03 bits per heavy atom. The van der Waals surface area contributed by atoms with Crippen LogP contribution in [-0.2, 0) is 15.7 Å². The van der Waals surface area contributed by atoms with Gasteiger partial charge in [0.05, 0.1) is 12.2 Å². The summed E-state index contributed by atoms with van der Waals surface area (Å²) in [6.07, 6.45) is -5.43. The number of carboxylic acid groups (broad SMARTS) is 1. The van der Waals surface area contributed by atoms with Crippen molar-refractivity contribution in [3.63, 3.8) is 0 Å². The van der Waals surface area contributed by atoms with Crippen molar-refractivity contribution in [2.75, 3.05) is 17.2 Å². The summed E-state index contributed by atoms with van der Waals surface area (Å²) in [6, 6.07) is 16.7. The number of carboxylic acids is 1. The summed E-state index contributed by atoms with van der Waals surface area (Å²) in [4.78, 5) is 36.4. The molecule has 1 atom stereocenters. The summed E-state index contributed by atoms with van der Waals surface area (Å²) in [5.74, 6) is -1.44. The molecule has 2 amide bonds. The second kappa shape index (κ2) is 12.5. The molecular weight excluding hydrogens is 533 g/mol. The fourth-order valence-electron chi connectivity index (χ4n) is 2.97. The number of alkyl halides is 3. The smallest absolute Gasteiger partial charge is 0.416 e. The Hall–Kier alpha value is -3.70.